The summed E-state index contributed by atoms with van der Waals surface area (Å²) in [6.07, 6.45) is 7.11. The first-order chi connectivity index (χ1) is 12.7. The zero-order valence-electron chi connectivity index (χ0n) is 13.6. The average molecular weight is 362 g/mol. The topological polar surface area (TPSA) is 73.8 Å². The van der Waals surface area contributed by atoms with Crippen molar-refractivity contribution in [1.82, 2.24) is 14.5 Å². The molecule has 0 radical (unpaired) electrons. The number of hydrogen-bond acceptors (Lipinski definition) is 5. The number of fused-ring (bicyclic) bond motifs is 1. The number of hydrogen-bond donors (Lipinski definition) is 0. The van der Waals surface area contributed by atoms with Crippen LogP contribution in [0.1, 0.15) is 5.56 Å². The van der Waals surface area contributed by atoms with Crippen molar-refractivity contribution in [3.63, 3.8) is 0 Å². The molecule has 0 aliphatic heterocycles. The molecule has 0 atom stereocenters. The van der Waals surface area contributed by atoms with E-state index in [0.29, 0.717) is 11.4 Å². The van der Waals surface area contributed by atoms with E-state index < -0.39 is 0 Å². The summed E-state index contributed by atoms with van der Waals surface area (Å²) in [6.45, 7) is 0.638. The van der Waals surface area contributed by atoms with E-state index >= 15 is 0 Å². The van der Waals surface area contributed by atoms with E-state index in [0.717, 1.165) is 21.4 Å². The van der Waals surface area contributed by atoms with Gasteiger partial charge in [0, 0.05) is 46.0 Å². The quantitative estimate of drug-likeness (QED) is 0.385. The summed E-state index contributed by atoms with van der Waals surface area (Å²) in [5, 5.41) is 12.4. The van der Waals surface area contributed by atoms with Crippen molar-refractivity contribution in [2.24, 2.45) is 0 Å². The minimum Gasteiger partial charge on any atom is -0.342 e. The van der Waals surface area contributed by atoms with Gasteiger partial charge in [0.15, 0.2) is 0 Å². The smallest absolute Gasteiger partial charge is 0.283 e. The van der Waals surface area contributed by atoms with Crippen molar-refractivity contribution in [1.29, 1.82) is 0 Å². The van der Waals surface area contributed by atoms with Crippen LogP contribution in [0, 0.1) is 10.1 Å². The first kappa shape index (κ1) is 16.3. The molecule has 0 unspecified atom stereocenters. The van der Waals surface area contributed by atoms with Crippen LogP contribution in [0.4, 0.5) is 5.69 Å². The summed E-state index contributed by atoms with van der Waals surface area (Å²) < 4.78 is 2.12. The summed E-state index contributed by atoms with van der Waals surface area (Å²) in [7, 11) is 0. The molecule has 7 heteroatoms. The molecule has 0 saturated carbocycles. The van der Waals surface area contributed by atoms with Crippen LogP contribution in [0.25, 0.3) is 10.9 Å². The molecule has 128 valence electrons. The van der Waals surface area contributed by atoms with Gasteiger partial charge in [0.2, 0.25) is 0 Å². The Morgan fingerprint density at radius 1 is 1.00 bits per heavy atom. The molecule has 6 nitrogen and oxygen atoms in total. The van der Waals surface area contributed by atoms with E-state index in [1.54, 1.807) is 24.5 Å². The van der Waals surface area contributed by atoms with Gasteiger partial charge in [-0.3, -0.25) is 10.1 Å². The summed E-state index contributed by atoms with van der Waals surface area (Å²) in [6, 6.07) is 14.8. The van der Waals surface area contributed by atoms with Gasteiger partial charge in [0.25, 0.3) is 5.69 Å². The van der Waals surface area contributed by atoms with Crippen LogP contribution in [-0.4, -0.2) is 19.5 Å². The minimum atomic E-state index is -0.344. The van der Waals surface area contributed by atoms with Gasteiger partial charge in [-0.15, -0.1) is 0 Å². The highest BCUT2D eigenvalue weighted by molar-refractivity contribution is 7.99. The Hall–Kier alpha value is -3.19. The van der Waals surface area contributed by atoms with E-state index in [9.17, 15) is 10.1 Å². The fraction of sp³-hybridized carbons (Fsp3) is 0.0526. The highest BCUT2D eigenvalue weighted by Gasteiger charge is 2.16. The van der Waals surface area contributed by atoms with E-state index in [1.807, 2.05) is 36.5 Å². The standard InChI is InChI=1S/C19H14N4O2S/c24-23(25)17-7-3-4-8-18(17)26-19-12-22(11-14-9-20-13-21-10-14)16-6-2-1-5-15(16)19/h1-10,12-13H,11H2. The zero-order valence-corrected chi connectivity index (χ0v) is 14.5. The fourth-order valence-electron chi connectivity index (χ4n) is 2.85. The highest BCUT2D eigenvalue weighted by Crippen LogP contribution is 2.39. The molecule has 0 aliphatic rings. The number of benzene rings is 2. The summed E-state index contributed by atoms with van der Waals surface area (Å²) in [4.78, 5) is 20.7. The van der Waals surface area contributed by atoms with E-state index in [4.69, 9.17) is 0 Å². The normalized spacial score (nSPS) is 10.9. The molecule has 2 aromatic heterocycles. The van der Waals surface area contributed by atoms with Crippen molar-refractivity contribution >= 4 is 28.4 Å². The van der Waals surface area contributed by atoms with Gasteiger partial charge in [-0.2, -0.15) is 0 Å². The number of rotatable bonds is 5. The number of nitro benzene ring substituents is 1. The maximum Gasteiger partial charge on any atom is 0.283 e. The molecule has 0 spiro atoms. The summed E-state index contributed by atoms with van der Waals surface area (Å²) in [5.74, 6) is 0. The third-order valence-corrected chi connectivity index (χ3v) is 5.11. The molecule has 4 aromatic rings. The lowest BCUT2D eigenvalue weighted by atomic mass is 10.2. The van der Waals surface area contributed by atoms with Gasteiger partial charge >= 0.3 is 0 Å². The molecule has 0 aliphatic carbocycles. The third kappa shape index (κ3) is 3.16. The lowest BCUT2D eigenvalue weighted by Gasteiger charge is -2.04. The predicted molar refractivity (Wildman–Crippen MR) is 100 cm³/mol. The van der Waals surface area contributed by atoms with Crippen LogP contribution in [0.5, 0.6) is 0 Å². The molecule has 0 amide bonds. The second-order valence-corrected chi connectivity index (χ2v) is 6.80. The Kier molecular flexibility index (Phi) is 4.37. The van der Waals surface area contributed by atoms with Gasteiger partial charge in [-0.1, -0.05) is 42.1 Å². The monoisotopic (exact) mass is 362 g/mol. The number of aromatic nitrogens is 3. The second-order valence-electron chi connectivity index (χ2n) is 5.71. The summed E-state index contributed by atoms with van der Waals surface area (Å²) in [5.41, 5.74) is 2.18. The molecular weight excluding hydrogens is 348 g/mol. The SMILES string of the molecule is O=[N+]([O-])c1ccccc1Sc1cn(Cc2cncnc2)c2ccccc12. The predicted octanol–water partition coefficient (Wildman–Crippen LogP) is 4.54. The van der Waals surface area contributed by atoms with Crippen LogP contribution in [0.3, 0.4) is 0 Å². The Morgan fingerprint density at radius 3 is 2.54 bits per heavy atom. The van der Waals surface area contributed by atoms with Crippen LogP contribution >= 0.6 is 11.8 Å². The second kappa shape index (κ2) is 6.97. The largest absolute Gasteiger partial charge is 0.342 e. The molecule has 2 heterocycles. The van der Waals surface area contributed by atoms with Crippen LogP contribution in [0.15, 0.2) is 83.2 Å². The zero-order chi connectivity index (χ0) is 17.9. The average Bonchev–Trinajstić information content (AvgIpc) is 3.00. The van der Waals surface area contributed by atoms with E-state index in [1.165, 1.54) is 24.2 Å². The van der Waals surface area contributed by atoms with Gasteiger partial charge in [0.1, 0.15) is 6.33 Å². The van der Waals surface area contributed by atoms with Crippen molar-refractivity contribution in [3.8, 4) is 0 Å². The Morgan fingerprint density at radius 2 is 1.73 bits per heavy atom. The molecule has 0 N–H and O–H groups in total. The van der Waals surface area contributed by atoms with Crippen molar-refractivity contribution in [2.45, 2.75) is 16.3 Å². The van der Waals surface area contributed by atoms with Gasteiger partial charge in [-0.25, -0.2) is 9.97 Å². The first-order valence-electron chi connectivity index (χ1n) is 7.95. The molecular formula is C19H14N4O2S. The highest BCUT2D eigenvalue weighted by atomic mass is 32.2. The number of nitrogens with zero attached hydrogens (tertiary/aromatic N) is 4. The van der Waals surface area contributed by atoms with E-state index in [-0.39, 0.29) is 10.6 Å². The Labute approximate surface area is 153 Å². The number of para-hydroxylation sites is 2. The maximum absolute atomic E-state index is 11.3. The van der Waals surface area contributed by atoms with Crippen LogP contribution < -0.4 is 0 Å². The van der Waals surface area contributed by atoms with Gasteiger partial charge < -0.3 is 4.57 Å². The molecule has 0 fully saturated rings. The molecule has 26 heavy (non-hydrogen) atoms. The third-order valence-electron chi connectivity index (χ3n) is 4.00. The number of nitro groups is 1. The van der Waals surface area contributed by atoms with Gasteiger partial charge in [0.05, 0.1) is 16.4 Å². The van der Waals surface area contributed by atoms with Crippen molar-refractivity contribution < 1.29 is 4.92 Å². The van der Waals surface area contributed by atoms with Crippen molar-refractivity contribution in [3.05, 3.63) is 89.1 Å². The summed E-state index contributed by atoms with van der Waals surface area (Å²) >= 11 is 1.41. The van der Waals surface area contributed by atoms with Crippen molar-refractivity contribution in [2.75, 3.05) is 0 Å². The minimum absolute atomic E-state index is 0.116. The Bertz CT molecular complexity index is 1080. The Balaban J connectivity index is 1.76. The molecule has 0 bridgehead atoms. The molecule has 0 saturated heterocycles. The first-order valence-corrected chi connectivity index (χ1v) is 8.77. The van der Waals surface area contributed by atoms with E-state index in [2.05, 4.69) is 14.5 Å². The lowest BCUT2D eigenvalue weighted by molar-refractivity contribution is -0.387. The lowest BCUT2D eigenvalue weighted by Crippen LogP contribution is -1.98. The van der Waals surface area contributed by atoms with Crippen LogP contribution in [0.2, 0.25) is 0 Å². The molecule has 2 aromatic carbocycles. The van der Waals surface area contributed by atoms with Gasteiger partial charge in [-0.05, 0) is 12.1 Å². The molecule has 4 rings (SSSR count). The fourth-order valence-corrected chi connectivity index (χ4v) is 3.94. The van der Waals surface area contributed by atoms with Crippen LogP contribution in [-0.2, 0) is 6.54 Å². The maximum atomic E-state index is 11.3.